The Morgan fingerprint density at radius 2 is 1.68 bits per heavy atom. The predicted molar refractivity (Wildman–Crippen MR) is 145 cm³/mol. The molecule has 0 atom stereocenters. The van der Waals surface area contributed by atoms with Crippen LogP contribution in [-0.4, -0.2) is 16.7 Å². The average molecular weight is 584 g/mol. The van der Waals surface area contributed by atoms with Crippen LogP contribution in [0.5, 0.6) is 5.75 Å². The highest BCUT2D eigenvalue weighted by molar-refractivity contribution is 14.1. The number of aryl methyl sites for hydroxylation is 2. The molecule has 0 fully saturated rings. The minimum Gasteiger partial charge on any atom is -0.489 e. The van der Waals surface area contributed by atoms with Crippen LogP contribution in [0.3, 0.4) is 0 Å². The molecular formula is C27H23ClIN3O2. The van der Waals surface area contributed by atoms with E-state index in [0.29, 0.717) is 17.2 Å². The second-order valence-corrected chi connectivity index (χ2v) is 9.45. The summed E-state index contributed by atoms with van der Waals surface area (Å²) < 4.78 is 9.09. The van der Waals surface area contributed by atoms with Crippen molar-refractivity contribution in [3.8, 4) is 11.4 Å². The molecule has 1 heterocycles. The zero-order chi connectivity index (χ0) is 24.1. The maximum absolute atomic E-state index is 12.7. The third-order valence-electron chi connectivity index (χ3n) is 5.30. The molecule has 0 aliphatic heterocycles. The molecule has 0 bridgehead atoms. The van der Waals surface area contributed by atoms with Gasteiger partial charge in [-0.05, 0) is 114 Å². The molecule has 5 nitrogen and oxygen atoms in total. The molecule has 0 aliphatic carbocycles. The summed E-state index contributed by atoms with van der Waals surface area (Å²) in [6.07, 6.45) is 1.58. The second-order valence-electron chi connectivity index (χ2n) is 7.80. The monoisotopic (exact) mass is 583 g/mol. The Balaban J connectivity index is 1.37. The van der Waals surface area contributed by atoms with Gasteiger partial charge in [0.2, 0.25) is 0 Å². The van der Waals surface area contributed by atoms with E-state index in [2.05, 4.69) is 49.8 Å². The molecule has 0 unspecified atom stereocenters. The van der Waals surface area contributed by atoms with E-state index in [-0.39, 0.29) is 5.91 Å². The average Bonchev–Trinajstić information content (AvgIpc) is 3.17. The largest absolute Gasteiger partial charge is 0.489 e. The lowest BCUT2D eigenvalue weighted by atomic mass is 10.2. The number of amides is 1. The molecule has 0 saturated heterocycles. The molecule has 172 valence electrons. The second kappa shape index (κ2) is 10.9. The van der Waals surface area contributed by atoms with E-state index in [1.807, 2.05) is 68.4 Å². The molecule has 7 heteroatoms. The highest BCUT2D eigenvalue weighted by atomic mass is 127. The number of hydrogen-bond donors (Lipinski definition) is 1. The van der Waals surface area contributed by atoms with Gasteiger partial charge in [-0.15, -0.1) is 0 Å². The van der Waals surface area contributed by atoms with Gasteiger partial charge in [0, 0.05) is 20.6 Å². The van der Waals surface area contributed by atoms with E-state index in [0.717, 1.165) is 34.0 Å². The quantitative estimate of drug-likeness (QED) is 0.150. The number of hydrogen-bond acceptors (Lipinski definition) is 3. The van der Waals surface area contributed by atoms with Crippen LogP contribution >= 0.6 is 34.2 Å². The maximum atomic E-state index is 12.7. The van der Waals surface area contributed by atoms with Crippen molar-refractivity contribution in [3.05, 3.63) is 116 Å². The van der Waals surface area contributed by atoms with Gasteiger partial charge < -0.3 is 9.30 Å². The van der Waals surface area contributed by atoms with Gasteiger partial charge in [0.05, 0.1) is 16.8 Å². The molecule has 1 N–H and O–H groups in total. The van der Waals surface area contributed by atoms with Gasteiger partial charge in [0.25, 0.3) is 5.91 Å². The lowest BCUT2D eigenvalue weighted by Gasteiger charge is -2.12. The van der Waals surface area contributed by atoms with Crippen molar-refractivity contribution in [2.45, 2.75) is 20.5 Å². The number of ether oxygens (including phenoxy) is 1. The third kappa shape index (κ3) is 5.87. The van der Waals surface area contributed by atoms with E-state index in [4.69, 9.17) is 16.3 Å². The molecule has 1 aromatic heterocycles. The van der Waals surface area contributed by atoms with Crippen molar-refractivity contribution < 1.29 is 9.53 Å². The fourth-order valence-corrected chi connectivity index (χ4v) is 4.09. The first-order chi connectivity index (χ1) is 16.4. The van der Waals surface area contributed by atoms with Crippen molar-refractivity contribution in [2.75, 3.05) is 0 Å². The molecule has 4 aromatic rings. The Morgan fingerprint density at radius 1 is 1.00 bits per heavy atom. The first kappa shape index (κ1) is 24.0. The molecule has 1 amide bonds. The number of carbonyl (C=O) groups is 1. The lowest BCUT2D eigenvalue weighted by Crippen LogP contribution is -2.18. The van der Waals surface area contributed by atoms with Gasteiger partial charge in [-0.2, -0.15) is 5.10 Å². The van der Waals surface area contributed by atoms with E-state index in [1.54, 1.807) is 18.3 Å². The fraction of sp³-hybridized carbons (Fsp3) is 0.111. The Kier molecular flexibility index (Phi) is 7.70. The van der Waals surface area contributed by atoms with Crippen LogP contribution in [0, 0.1) is 17.4 Å². The highest BCUT2D eigenvalue weighted by Gasteiger charge is 2.13. The smallest absolute Gasteiger partial charge is 0.272 e. The van der Waals surface area contributed by atoms with Crippen LogP contribution in [0.4, 0.5) is 0 Å². The van der Waals surface area contributed by atoms with Crippen molar-refractivity contribution in [1.82, 2.24) is 9.99 Å². The molecule has 34 heavy (non-hydrogen) atoms. The molecule has 0 saturated carbocycles. The molecule has 0 aliphatic rings. The van der Waals surface area contributed by atoms with Gasteiger partial charge in [-0.25, -0.2) is 5.43 Å². The number of aromatic nitrogens is 1. The Hall–Kier alpha value is -3.10. The lowest BCUT2D eigenvalue weighted by molar-refractivity contribution is 0.0955. The summed E-state index contributed by atoms with van der Waals surface area (Å²) in [5.41, 5.74) is 7.90. The third-order valence-corrected chi connectivity index (χ3v) is 6.35. The molecule has 4 rings (SSSR count). The minimum atomic E-state index is -0.372. The van der Waals surface area contributed by atoms with Crippen LogP contribution in [0.25, 0.3) is 5.69 Å². The van der Waals surface area contributed by atoms with Crippen LogP contribution in [0.1, 0.15) is 32.9 Å². The van der Waals surface area contributed by atoms with E-state index in [1.165, 1.54) is 3.57 Å². The predicted octanol–water partition coefficient (Wildman–Crippen LogP) is 6.70. The standard InChI is InChI=1S/C27H23ClIN3O2/c1-18-3-4-19(2)32(18)23-11-14-26(28)25(15-23)27(33)31-30-16-20-7-12-24(13-8-20)34-17-21-5-9-22(29)10-6-21/h3-16H,17H2,1-2H3,(H,31,33). The Labute approximate surface area is 217 Å². The summed E-state index contributed by atoms with van der Waals surface area (Å²) in [5, 5.41) is 4.46. The maximum Gasteiger partial charge on any atom is 0.272 e. The van der Waals surface area contributed by atoms with E-state index >= 15 is 0 Å². The zero-order valence-electron chi connectivity index (χ0n) is 18.8. The summed E-state index contributed by atoms with van der Waals surface area (Å²) >= 11 is 8.57. The summed E-state index contributed by atoms with van der Waals surface area (Å²) in [6.45, 7) is 4.54. The van der Waals surface area contributed by atoms with Gasteiger partial charge in [-0.1, -0.05) is 23.7 Å². The fourth-order valence-electron chi connectivity index (χ4n) is 3.53. The Morgan fingerprint density at radius 3 is 2.35 bits per heavy atom. The van der Waals surface area contributed by atoms with Gasteiger partial charge >= 0.3 is 0 Å². The van der Waals surface area contributed by atoms with Crippen LogP contribution in [-0.2, 0) is 6.61 Å². The summed E-state index contributed by atoms with van der Waals surface area (Å²) in [5.74, 6) is 0.391. The van der Waals surface area contributed by atoms with E-state index in [9.17, 15) is 4.79 Å². The number of halogens is 2. The normalized spacial score (nSPS) is 11.1. The van der Waals surface area contributed by atoms with Crippen molar-refractivity contribution >= 4 is 46.3 Å². The molecular weight excluding hydrogens is 561 g/mol. The molecule has 3 aromatic carbocycles. The number of rotatable bonds is 7. The highest BCUT2D eigenvalue weighted by Crippen LogP contribution is 2.23. The van der Waals surface area contributed by atoms with Crippen LogP contribution < -0.4 is 10.2 Å². The molecule has 0 spiro atoms. The summed E-state index contributed by atoms with van der Waals surface area (Å²) in [6, 6.07) is 25.2. The molecule has 0 radical (unpaired) electrons. The number of hydrazone groups is 1. The number of carbonyl (C=O) groups excluding carboxylic acids is 1. The van der Waals surface area contributed by atoms with Crippen molar-refractivity contribution in [1.29, 1.82) is 0 Å². The summed E-state index contributed by atoms with van der Waals surface area (Å²) in [7, 11) is 0. The first-order valence-corrected chi connectivity index (χ1v) is 12.1. The van der Waals surface area contributed by atoms with Crippen LogP contribution in [0.2, 0.25) is 5.02 Å². The van der Waals surface area contributed by atoms with Crippen LogP contribution in [0.15, 0.2) is 84.0 Å². The Bertz CT molecular complexity index is 1310. The van der Waals surface area contributed by atoms with Gasteiger partial charge in [0.1, 0.15) is 12.4 Å². The SMILES string of the molecule is Cc1ccc(C)n1-c1ccc(Cl)c(C(=O)NN=Cc2ccc(OCc3ccc(I)cc3)cc2)c1. The first-order valence-electron chi connectivity index (χ1n) is 10.7. The van der Waals surface area contributed by atoms with Gasteiger partial charge in [0.15, 0.2) is 0 Å². The minimum absolute atomic E-state index is 0.364. The topological polar surface area (TPSA) is 55.6 Å². The number of nitrogens with one attached hydrogen (secondary N) is 1. The van der Waals surface area contributed by atoms with E-state index < -0.39 is 0 Å². The van der Waals surface area contributed by atoms with Gasteiger partial charge in [-0.3, -0.25) is 4.79 Å². The summed E-state index contributed by atoms with van der Waals surface area (Å²) in [4.78, 5) is 12.7. The van der Waals surface area contributed by atoms with Crippen molar-refractivity contribution in [3.63, 3.8) is 0 Å². The zero-order valence-corrected chi connectivity index (χ0v) is 21.7. The number of nitrogens with zero attached hydrogens (tertiary/aromatic N) is 2. The number of benzene rings is 3. The van der Waals surface area contributed by atoms with Crippen molar-refractivity contribution in [2.24, 2.45) is 5.10 Å².